The standard InChI is InChI=1S/C21H34O/c1-3-4-5-6-7-8-9-18-10-12-19(13-11-18)20-14-16-21(22-2)17-15-20/h14-19H,3-13H2,1-2H3. The largest absolute Gasteiger partial charge is 0.497 e. The number of ether oxygens (including phenoxy) is 1. The highest BCUT2D eigenvalue weighted by molar-refractivity contribution is 5.29. The predicted molar refractivity (Wildman–Crippen MR) is 95.7 cm³/mol. The average molecular weight is 303 g/mol. The summed E-state index contributed by atoms with van der Waals surface area (Å²) in [5.74, 6) is 2.76. The van der Waals surface area contributed by atoms with Crippen LogP contribution in [0.5, 0.6) is 5.75 Å². The minimum absolute atomic E-state index is 0.784. The van der Waals surface area contributed by atoms with Gasteiger partial charge in [-0.3, -0.25) is 0 Å². The number of hydrogen-bond donors (Lipinski definition) is 0. The van der Waals surface area contributed by atoms with Crippen molar-refractivity contribution in [2.24, 2.45) is 5.92 Å². The summed E-state index contributed by atoms with van der Waals surface area (Å²) in [5, 5.41) is 0. The highest BCUT2D eigenvalue weighted by Crippen LogP contribution is 2.38. The van der Waals surface area contributed by atoms with E-state index in [1.54, 1.807) is 7.11 Å². The molecule has 2 rings (SSSR count). The van der Waals surface area contributed by atoms with Gasteiger partial charge in [-0.1, -0.05) is 64.0 Å². The molecular weight excluding hydrogens is 268 g/mol. The molecule has 1 heteroatoms. The van der Waals surface area contributed by atoms with Gasteiger partial charge in [0, 0.05) is 0 Å². The van der Waals surface area contributed by atoms with Crippen LogP contribution in [0.2, 0.25) is 0 Å². The molecule has 0 aliphatic heterocycles. The highest BCUT2D eigenvalue weighted by atomic mass is 16.5. The first kappa shape index (κ1) is 17.4. The van der Waals surface area contributed by atoms with Crippen LogP contribution in [-0.2, 0) is 0 Å². The normalized spacial score (nSPS) is 21.7. The first-order valence-corrected chi connectivity index (χ1v) is 9.47. The van der Waals surface area contributed by atoms with E-state index in [0.717, 1.165) is 17.6 Å². The van der Waals surface area contributed by atoms with Crippen molar-refractivity contribution in [2.45, 2.75) is 83.5 Å². The fraction of sp³-hybridized carbons (Fsp3) is 0.714. The minimum Gasteiger partial charge on any atom is -0.497 e. The first-order chi connectivity index (χ1) is 10.8. The molecule has 1 aromatic rings. The number of hydrogen-bond acceptors (Lipinski definition) is 1. The molecule has 22 heavy (non-hydrogen) atoms. The van der Waals surface area contributed by atoms with E-state index in [2.05, 4.69) is 31.2 Å². The lowest BCUT2D eigenvalue weighted by molar-refractivity contribution is 0.301. The molecule has 0 saturated heterocycles. The van der Waals surface area contributed by atoms with Gasteiger partial charge in [-0.25, -0.2) is 0 Å². The molecule has 1 aromatic carbocycles. The van der Waals surface area contributed by atoms with Gasteiger partial charge in [-0.15, -0.1) is 0 Å². The summed E-state index contributed by atoms with van der Waals surface area (Å²) in [7, 11) is 1.74. The van der Waals surface area contributed by atoms with Crippen LogP contribution in [0.1, 0.15) is 89.0 Å². The van der Waals surface area contributed by atoms with Gasteiger partial charge >= 0.3 is 0 Å². The first-order valence-electron chi connectivity index (χ1n) is 9.47. The average Bonchev–Trinajstić information content (AvgIpc) is 2.59. The zero-order chi connectivity index (χ0) is 15.6. The smallest absolute Gasteiger partial charge is 0.118 e. The summed E-state index contributed by atoms with van der Waals surface area (Å²) in [6.45, 7) is 2.29. The third kappa shape index (κ3) is 5.66. The number of rotatable bonds is 9. The van der Waals surface area contributed by atoms with E-state index < -0.39 is 0 Å². The van der Waals surface area contributed by atoms with E-state index in [1.807, 2.05) is 0 Å². The Bertz CT molecular complexity index is 387. The maximum absolute atomic E-state index is 5.25. The van der Waals surface area contributed by atoms with Crippen LogP contribution >= 0.6 is 0 Å². The molecule has 0 bridgehead atoms. The van der Waals surface area contributed by atoms with Crippen molar-refractivity contribution in [2.75, 3.05) is 7.11 Å². The van der Waals surface area contributed by atoms with Crippen molar-refractivity contribution in [1.82, 2.24) is 0 Å². The number of unbranched alkanes of at least 4 members (excludes halogenated alkanes) is 5. The van der Waals surface area contributed by atoms with Crippen LogP contribution in [0.3, 0.4) is 0 Å². The predicted octanol–water partition coefficient (Wildman–Crippen LogP) is 6.72. The van der Waals surface area contributed by atoms with E-state index >= 15 is 0 Å². The van der Waals surface area contributed by atoms with Crippen molar-refractivity contribution in [3.8, 4) is 5.75 Å². The van der Waals surface area contributed by atoms with E-state index in [4.69, 9.17) is 4.74 Å². The molecule has 1 aliphatic carbocycles. The monoisotopic (exact) mass is 302 g/mol. The quantitative estimate of drug-likeness (QED) is 0.460. The molecular formula is C21H34O. The van der Waals surface area contributed by atoms with Gasteiger partial charge in [0.2, 0.25) is 0 Å². The molecule has 1 aliphatic rings. The Labute approximate surface area is 137 Å². The summed E-state index contributed by atoms with van der Waals surface area (Å²) in [4.78, 5) is 0. The summed E-state index contributed by atoms with van der Waals surface area (Å²) >= 11 is 0. The van der Waals surface area contributed by atoms with Crippen molar-refractivity contribution in [3.05, 3.63) is 29.8 Å². The van der Waals surface area contributed by atoms with Crippen LogP contribution in [0, 0.1) is 5.92 Å². The van der Waals surface area contributed by atoms with E-state index in [0.29, 0.717) is 0 Å². The number of benzene rings is 1. The van der Waals surface area contributed by atoms with E-state index in [-0.39, 0.29) is 0 Å². The van der Waals surface area contributed by atoms with Crippen LogP contribution in [0.4, 0.5) is 0 Å². The Morgan fingerprint density at radius 1 is 0.864 bits per heavy atom. The van der Waals surface area contributed by atoms with Gasteiger partial charge in [0.25, 0.3) is 0 Å². The van der Waals surface area contributed by atoms with Gasteiger partial charge in [0.1, 0.15) is 5.75 Å². The number of methoxy groups -OCH3 is 1. The van der Waals surface area contributed by atoms with Gasteiger partial charge in [-0.2, -0.15) is 0 Å². The zero-order valence-electron chi connectivity index (χ0n) is 14.7. The van der Waals surface area contributed by atoms with E-state index in [9.17, 15) is 0 Å². The lowest BCUT2D eigenvalue weighted by atomic mass is 9.77. The lowest BCUT2D eigenvalue weighted by Crippen LogP contribution is -2.13. The molecule has 0 heterocycles. The SMILES string of the molecule is CCCCCCCCC1CCC(c2ccc(OC)cc2)CC1. The second-order valence-corrected chi connectivity index (χ2v) is 7.05. The van der Waals surface area contributed by atoms with Crippen molar-refractivity contribution >= 4 is 0 Å². The van der Waals surface area contributed by atoms with Gasteiger partial charge < -0.3 is 4.74 Å². The maximum Gasteiger partial charge on any atom is 0.118 e. The lowest BCUT2D eigenvalue weighted by Gasteiger charge is -2.29. The third-order valence-electron chi connectivity index (χ3n) is 5.40. The molecule has 0 amide bonds. The third-order valence-corrected chi connectivity index (χ3v) is 5.40. The van der Waals surface area contributed by atoms with Gasteiger partial charge in [0.15, 0.2) is 0 Å². The molecule has 0 radical (unpaired) electrons. The Morgan fingerprint density at radius 3 is 2.14 bits per heavy atom. The molecule has 1 saturated carbocycles. The molecule has 0 N–H and O–H groups in total. The Hall–Kier alpha value is -0.980. The molecule has 0 aromatic heterocycles. The van der Waals surface area contributed by atoms with E-state index in [1.165, 1.54) is 76.2 Å². The highest BCUT2D eigenvalue weighted by Gasteiger charge is 2.21. The molecule has 1 fully saturated rings. The molecule has 0 spiro atoms. The van der Waals surface area contributed by atoms with Crippen LogP contribution in [-0.4, -0.2) is 7.11 Å². The fourth-order valence-corrected chi connectivity index (χ4v) is 3.87. The Kier molecular flexibility index (Phi) is 7.83. The summed E-state index contributed by atoms with van der Waals surface area (Å²) < 4.78 is 5.25. The maximum atomic E-state index is 5.25. The minimum atomic E-state index is 0.784. The molecule has 124 valence electrons. The van der Waals surface area contributed by atoms with Crippen LogP contribution < -0.4 is 4.74 Å². The Morgan fingerprint density at radius 2 is 1.50 bits per heavy atom. The van der Waals surface area contributed by atoms with Gasteiger partial charge in [0.05, 0.1) is 7.11 Å². The molecule has 0 atom stereocenters. The molecule has 1 nitrogen and oxygen atoms in total. The van der Waals surface area contributed by atoms with Crippen LogP contribution in [0.25, 0.3) is 0 Å². The zero-order valence-corrected chi connectivity index (χ0v) is 14.7. The second-order valence-electron chi connectivity index (χ2n) is 7.05. The summed E-state index contributed by atoms with van der Waals surface area (Å²) in [6, 6.07) is 8.74. The Balaban J connectivity index is 1.62. The summed E-state index contributed by atoms with van der Waals surface area (Å²) in [5.41, 5.74) is 1.51. The van der Waals surface area contributed by atoms with Crippen molar-refractivity contribution in [1.29, 1.82) is 0 Å². The summed E-state index contributed by atoms with van der Waals surface area (Å²) in [6.07, 6.45) is 15.7. The molecule has 0 unspecified atom stereocenters. The topological polar surface area (TPSA) is 9.23 Å². The van der Waals surface area contributed by atoms with Crippen molar-refractivity contribution in [3.63, 3.8) is 0 Å². The van der Waals surface area contributed by atoms with Gasteiger partial charge in [-0.05, 0) is 55.2 Å². The second kappa shape index (κ2) is 9.92. The van der Waals surface area contributed by atoms with Crippen LogP contribution in [0.15, 0.2) is 24.3 Å². The fourth-order valence-electron chi connectivity index (χ4n) is 3.87. The van der Waals surface area contributed by atoms with Crippen molar-refractivity contribution < 1.29 is 4.74 Å².